The largest absolute Gasteiger partial charge is 0.480 e. The van der Waals surface area contributed by atoms with Crippen LogP contribution in [-0.4, -0.2) is 22.8 Å². The highest BCUT2D eigenvalue weighted by Crippen LogP contribution is 2.27. The summed E-state index contributed by atoms with van der Waals surface area (Å²) in [6, 6.07) is 10.0. The zero-order valence-corrected chi connectivity index (χ0v) is 8.05. The van der Waals surface area contributed by atoms with E-state index in [1.807, 2.05) is 0 Å². The molecule has 1 aromatic carbocycles. The van der Waals surface area contributed by atoms with Crippen molar-refractivity contribution >= 4 is 5.97 Å². The number of hydrogen-bond acceptors (Lipinski definition) is 3. The lowest BCUT2D eigenvalue weighted by molar-refractivity contribution is -0.142. The van der Waals surface area contributed by atoms with Gasteiger partial charge in [-0.3, -0.25) is 4.79 Å². The molecule has 0 fully saturated rings. The standard InChI is InChI=1S/C11H11NO3/c12-8-11(6-7-13,10(14)15)9-4-2-1-3-5-9/h1-5,13H,6-7H2,(H,14,15). The molecule has 0 saturated heterocycles. The first kappa shape index (κ1) is 11.2. The van der Waals surface area contributed by atoms with Crippen molar-refractivity contribution in [2.45, 2.75) is 11.8 Å². The van der Waals surface area contributed by atoms with Crippen LogP contribution in [0.3, 0.4) is 0 Å². The maximum Gasteiger partial charge on any atom is 0.328 e. The third-order valence-corrected chi connectivity index (χ3v) is 2.31. The average molecular weight is 205 g/mol. The number of carboxylic acid groups (broad SMARTS) is 1. The van der Waals surface area contributed by atoms with Gasteiger partial charge in [-0.15, -0.1) is 0 Å². The molecular weight excluding hydrogens is 194 g/mol. The number of aliphatic hydroxyl groups is 1. The molecule has 0 heterocycles. The molecule has 0 aliphatic rings. The normalized spacial score (nSPS) is 13.9. The summed E-state index contributed by atoms with van der Waals surface area (Å²) in [5.41, 5.74) is -1.25. The quantitative estimate of drug-likeness (QED) is 0.765. The van der Waals surface area contributed by atoms with Gasteiger partial charge in [-0.25, -0.2) is 0 Å². The minimum atomic E-state index is -1.64. The molecule has 0 bridgehead atoms. The summed E-state index contributed by atoms with van der Waals surface area (Å²) in [6.07, 6.45) is -0.108. The van der Waals surface area contributed by atoms with Crippen LogP contribution in [0.1, 0.15) is 12.0 Å². The van der Waals surface area contributed by atoms with Gasteiger partial charge in [0.25, 0.3) is 0 Å². The number of hydrogen-bond donors (Lipinski definition) is 2. The number of rotatable bonds is 4. The van der Waals surface area contributed by atoms with Gasteiger partial charge in [-0.1, -0.05) is 30.3 Å². The summed E-state index contributed by atoms with van der Waals surface area (Å²) in [5.74, 6) is -1.23. The summed E-state index contributed by atoms with van der Waals surface area (Å²) in [5, 5.41) is 26.9. The molecule has 0 spiro atoms. The van der Waals surface area contributed by atoms with Gasteiger partial charge < -0.3 is 10.2 Å². The van der Waals surface area contributed by atoms with Gasteiger partial charge in [-0.05, 0) is 5.56 Å². The molecule has 78 valence electrons. The smallest absolute Gasteiger partial charge is 0.328 e. The third-order valence-electron chi connectivity index (χ3n) is 2.31. The number of nitrogens with zero attached hydrogens (tertiary/aromatic N) is 1. The van der Waals surface area contributed by atoms with E-state index in [1.54, 1.807) is 36.4 Å². The second-order valence-electron chi connectivity index (χ2n) is 3.16. The Bertz CT molecular complexity index is 383. The Morgan fingerprint density at radius 2 is 2.00 bits per heavy atom. The van der Waals surface area contributed by atoms with Crippen LogP contribution in [-0.2, 0) is 10.2 Å². The lowest BCUT2D eigenvalue weighted by Crippen LogP contribution is -2.35. The minimum Gasteiger partial charge on any atom is -0.480 e. The third kappa shape index (κ3) is 1.97. The Morgan fingerprint density at radius 3 is 2.40 bits per heavy atom. The number of aliphatic hydroxyl groups excluding tert-OH is 1. The van der Waals surface area contributed by atoms with Gasteiger partial charge in [0.15, 0.2) is 5.41 Å². The highest BCUT2D eigenvalue weighted by Gasteiger charge is 2.40. The molecular formula is C11H11NO3. The van der Waals surface area contributed by atoms with Gasteiger partial charge in [-0.2, -0.15) is 5.26 Å². The summed E-state index contributed by atoms with van der Waals surface area (Å²) in [6.45, 7) is -0.339. The Hall–Kier alpha value is -1.86. The first-order chi connectivity index (χ1) is 7.17. The van der Waals surface area contributed by atoms with Crippen molar-refractivity contribution < 1.29 is 15.0 Å². The molecule has 4 heteroatoms. The second kappa shape index (κ2) is 4.58. The number of aliphatic carboxylic acids is 1. The van der Waals surface area contributed by atoms with E-state index in [4.69, 9.17) is 15.5 Å². The Balaban J connectivity index is 3.23. The fourth-order valence-corrected chi connectivity index (χ4v) is 1.43. The zero-order chi connectivity index (χ0) is 11.3. The lowest BCUT2D eigenvalue weighted by atomic mass is 9.79. The van der Waals surface area contributed by atoms with Gasteiger partial charge >= 0.3 is 5.97 Å². The molecule has 1 atom stereocenters. The van der Waals surface area contributed by atoms with E-state index >= 15 is 0 Å². The Labute approximate surface area is 87.4 Å². The molecule has 0 aliphatic heterocycles. The molecule has 1 rings (SSSR count). The van der Waals surface area contributed by atoms with Crippen molar-refractivity contribution in [2.24, 2.45) is 0 Å². The minimum absolute atomic E-state index is 0.108. The fourth-order valence-electron chi connectivity index (χ4n) is 1.43. The van der Waals surface area contributed by atoms with Crippen LogP contribution in [0.5, 0.6) is 0 Å². The fraction of sp³-hybridized carbons (Fsp3) is 0.273. The molecule has 0 saturated carbocycles. The SMILES string of the molecule is N#CC(CCO)(C(=O)O)c1ccccc1. The molecule has 2 N–H and O–H groups in total. The maximum atomic E-state index is 11.1. The topological polar surface area (TPSA) is 81.3 Å². The van der Waals surface area contributed by atoms with E-state index in [-0.39, 0.29) is 13.0 Å². The first-order valence-corrected chi connectivity index (χ1v) is 4.48. The van der Waals surface area contributed by atoms with Gasteiger partial charge in [0, 0.05) is 13.0 Å². The van der Waals surface area contributed by atoms with Crippen molar-refractivity contribution in [3.8, 4) is 6.07 Å². The predicted molar refractivity (Wildman–Crippen MR) is 53.1 cm³/mol. The summed E-state index contributed by atoms with van der Waals surface area (Å²) >= 11 is 0. The second-order valence-corrected chi connectivity index (χ2v) is 3.16. The lowest BCUT2D eigenvalue weighted by Gasteiger charge is -2.20. The molecule has 15 heavy (non-hydrogen) atoms. The van der Waals surface area contributed by atoms with Crippen LogP contribution in [0.2, 0.25) is 0 Å². The van der Waals surface area contributed by atoms with Crippen LogP contribution < -0.4 is 0 Å². The molecule has 0 aromatic heterocycles. The van der Waals surface area contributed by atoms with E-state index in [9.17, 15) is 4.79 Å². The Morgan fingerprint density at radius 1 is 1.40 bits per heavy atom. The zero-order valence-electron chi connectivity index (χ0n) is 8.05. The van der Waals surface area contributed by atoms with E-state index in [0.717, 1.165) is 0 Å². The summed E-state index contributed by atoms with van der Waals surface area (Å²) in [4.78, 5) is 11.1. The van der Waals surface area contributed by atoms with Gasteiger partial charge in [0.1, 0.15) is 0 Å². The maximum absolute atomic E-state index is 11.1. The number of carbonyl (C=O) groups is 1. The van der Waals surface area contributed by atoms with Crippen molar-refractivity contribution in [3.05, 3.63) is 35.9 Å². The average Bonchev–Trinajstić information content (AvgIpc) is 2.26. The van der Waals surface area contributed by atoms with Crippen molar-refractivity contribution in [1.29, 1.82) is 5.26 Å². The summed E-state index contributed by atoms with van der Waals surface area (Å²) < 4.78 is 0. The van der Waals surface area contributed by atoms with E-state index in [2.05, 4.69) is 0 Å². The van der Waals surface area contributed by atoms with Crippen molar-refractivity contribution in [1.82, 2.24) is 0 Å². The Kier molecular flexibility index (Phi) is 3.42. The van der Waals surface area contributed by atoms with Crippen LogP contribution in [0.4, 0.5) is 0 Å². The highest BCUT2D eigenvalue weighted by atomic mass is 16.4. The number of nitriles is 1. The molecule has 4 nitrogen and oxygen atoms in total. The van der Waals surface area contributed by atoms with Gasteiger partial charge in [0.2, 0.25) is 0 Å². The predicted octanol–water partition coefficient (Wildman–Crippen LogP) is 0.915. The molecule has 0 aliphatic carbocycles. The van der Waals surface area contributed by atoms with Crippen molar-refractivity contribution in [3.63, 3.8) is 0 Å². The monoisotopic (exact) mass is 205 g/mol. The van der Waals surface area contributed by atoms with E-state index < -0.39 is 11.4 Å². The molecule has 1 unspecified atom stereocenters. The van der Waals surface area contributed by atoms with Gasteiger partial charge in [0.05, 0.1) is 6.07 Å². The first-order valence-electron chi connectivity index (χ1n) is 4.48. The molecule has 1 aromatic rings. The van der Waals surface area contributed by atoms with E-state index in [1.165, 1.54) is 0 Å². The highest BCUT2D eigenvalue weighted by molar-refractivity contribution is 5.85. The van der Waals surface area contributed by atoms with Crippen LogP contribution >= 0.6 is 0 Å². The summed E-state index contributed by atoms with van der Waals surface area (Å²) in [7, 11) is 0. The van der Waals surface area contributed by atoms with Crippen LogP contribution in [0.15, 0.2) is 30.3 Å². The number of carboxylic acids is 1. The number of benzene rings is 1. The van der Waals surface area contributed by atoms with Crippen molar-refractivity contribution in [2.75, 3.05) is 6.61 Å². The molecule has 0 radical (unpaired) electrons. The molecule has 0 amide bonds. The van der Waals surface area contributed by atoms with Crippen LogP contribution in [0.25, 0.3) is 0 Å². The van der Waals surface area contributed by atoms with E-state index in [0.29, 0.717) is 5.56 Å². The van der Waals surface area contributed by atoms with Crippen LogP contribution in [0, 0.1) is 11.3 Å².